The second kappa shape index (κ2) is 5.46. The Morgan fingerprint density at radius 2 is 2.27 bits per heavy atom. The van der Waals surface area contributed by atoms with E-state index in [1.54, 1.807) is 0 Å². The Balaban J connectivity index is 2.70. The van der Waals surface area contributed by atoms with Crippen molar-refractivity contribution in [2.45, 2.75) is 20.0 Å². The quantitative estimate of drug-likeness (QED) is 0.762. The van der Waals surface area contributed by atoms with Crippen LogP contribution in [0.25, 0.3) is 0 Å². The van der Waals surface area contributed by atoms with Crippen LogP contribution in [0.2, 0.25) is 0 Å². The van der Waals surface area contributed by atoms with Crippen LogP contribution in [0, 0.1) is 5.82 Å². The summed E-state index contributed by atoms with van der Waals surface area (Å²) < 4.78 is 18.5. The van der Waals surface area contributed by atoms with Gasteiger partial charge in [0.1, 0.15) is 5.82 Å². The van der Waals surface area contributed by atoms with Crippen LogP contribution in [-0.4, -0.2) is 17.7 Å². The van der Waals surface area contributed by atoms with E-state index < -0.39 is 11.8 Å². The predicted octanol–water partition coefficient (Wildman–Crippen LogP) is 2.45. The van der Waals surface area contributed by atoms with E-state index in [2.05, 4.69) is 0 Å². The first-order chi connectivity index (χ1) is 7.15. The molecular formula is C11H13FO3. The molecule has 1 N–H and O–H groups in total. The first-order valence-electron chi connectivity index (χ1n) is 4.74. The predicted molar refractivity (Wildman–Crippen MR) is 53.3 cm³/mol. The number of rotatable bonds is 5. The van der Waals surface area contributed by atoms with Crippen LogP contribution in [0.3, 0.4) is 0 Å². The molecule has 0 saturated heterocycles. The molecule has 0 saturated carbocycles. The Hall–Kier alpha value is -1.42. The highest BCUT2D eigenvalue weighted by molar-refractivity contribution is 5.87. The summed E-state index contributed by atoms with van der Waals surface area (Å²) in [5, 5.41) is 8.62. The highest BCUT2D eigenvalue weighted by Crippen LogP contribution is 2.11. The maximum Gasteiger partial charge on any atom is 0.335 e. The third-order valence-corrected chi connectivity index (χ3v) is 1.91. The monoisotopic (exact) mass is 212 g/mol. The fraction of sp³-hybridized carbons (Fsp3) is 0.364. The molecule has 0 aromatic heterocycles. The summed E-state index contributed by atoms with van der Waals surface area (Å²) in [6, 6.07) is 3.82. The lowest BCUT2D eigenvalue weighted by Crippen LogP contribution is -2.01. The molecule has 1 aromatic rings. The largest absolute Gasteiger partial charge is 0.478 e. The molecule has 0 aliphatic heterocycles. The lowest BCUT2D eigenvalue weighted by Gasteiger charge is -2.04. The molecule has 1 rings (SSSR count). The molecule has 0 heterocycles. The second-order valence-corrected chi connectivity index (χ2v) is 3.16. The van der Waals surface area contributed by atoms with E-state index in [1.165, 1.54) is 12.1 Å². The van der Waals surface area contributed by atoms with Crippen molar-refractivity contribution in [1.29, 1.82) is 0 Å². The van der Waals surface area contributed by atoms with Gasteiger partial charge in [0.05, 0.1) is 12.2 Å². The van der Waals surface area contributed by atoms with Gasteiger partial charge in [-0.3, -0.25) is 0 Å². The average Bonchev–Trinajstić information content (AvgIpc) is 2.20. The fourth-order valence-electron chi connectivity index (χ4n) is 1.12. The van der Waals surface area contributed by atoms with Crippen LogP contribution in [0.1, 0.15) is 29.3 Å². The van der Waals surface area contributed by atoms with Crippen LogP contribution in [-0.2, 0) is 11.3 Å². The summed E-state index contributed by atoms with van der Waals surface area (Å²) in [6.07, 6.45) is 0.870. The first kappa shape index (κ1) is 11.7. The molecule has 0 aliphatic carbocycles. The zero-order valence-electron chi connectivity index (χ0n) is 8.50. The van der Waals surface area contributed by atoms with Gasteiger partial charge in [-0.05, 0) is 18.6 Å². The number of carbonyl (C=O) groups is 1. The van der Waals surface area contributed by atoms with Crippen molar-refractivity contribution in [2.75, 3.05) is 6.61 Å². The van der Waals surface area contributed by atoms with Crippen molar-refractivity contribution in [3.63, 3.8) is 0 Å². The highest BCUT2D eigenvalue weighted by Gasteiger charge is 2.07. The van der Waals surface area contributed by atoms with Gasteiger partial charge in [-0.1, -0.05) is 13.0 Å². The van der Waals surface area contributed by atoms with Crippen molar-refractivity contribution in [2.24, 2.45) is 0 Å². The molecule has 4 heteroatoms. The van der Waals surface area contributed by atoms with Crippen LogP contribution in [0.5, 0.6) is 0 Å². The minimum atomic E-state index is -1.13. The van der Waals surface area contributed by atoms with Gasteiger partial charge in [0.15, 0.2) is 0 Å². The average molecular weight is 212 g/mol. The molecule has 0 radical (unpaired) electrons. The van der Waals surface area contributed by atoms with E-state index in [1.807, 2.05) is 6.92 Å². The number of ether oxygens (including phenoxy) is 1. The van der Waals surface area contributed by atoms with Crippen LogP contribution in [0.4, 0.5) is 4.39 Å². The summed E-state index contributed by atoms with van der Waals surface area (Å²) in [7, 11) is 0. The molecule has 82 valence electrons. The highest BCUT2D eigenvalue weighted by atomic mass is 19.1. The number of hydrogen-bond donors (Lipinski definition) is 1. The summed E-state index contributed by atoms with van der Waals surface area (Å²) in [5.41, 5.74) is 0.334. The molecule has 0 amide bonds. The van der Waals surface area contributed by atoms with E-state index in [0.717, 1.165) is 12.5 Å². The van der Waals surface area contributed by atoms with Gasteiger partial charge >= 0.3 is 5.97 Å². The molecular weight excluding hydrogens is 199 g/mol. The lowest BCUT2D eigenvalue weighted by molar-refractivity contribution is 0.0696. The molecule has 15 heavy (non-hydrogen) atoms. The smallest absolute Gasteiger partial charge is 0.335 e. The molecule has 3 nitrogen and oxygen atoms in total. The molecule has 0 bridgehead atoms. The van der Waals surface area contributed by atoms with Crippen molar-refractivity contribution in [3.8, 4) is 0 Å². The third-order valence-electron chi connectivity index (χ3n) is 1.91. The van der Waals surface area contributed by atoms with Crippen molar-refractivity contribution in [3.05, 3.63) is 35.1 Å². The molecule has 0 unspecified atom stereocenters. The number of aromatic carboxylic acids is 1. The van der Waals surface area contributed by atoms with Gasteiger partial charge in [-0.2, -0.15) is 0 Å². The maximum absolute atomic E-state index is 13.3. The first-order valence-corrected chi connectivity index (χ1v) is 4.74. The second-order valence-electron chi connectivity index (χ2n) is 3.16. The van der Waals surface area contributed by atoms with Gasteiger partial charge in [0.25, 0.3) is 0 Å². The van der Waals surface area contributed by atoms with E-state index in [0.29, 0.717) is 12.2 Å². The Kier molecular flexibility index (Phi) is 4.24. The lowest BCUT2D eigenvalue weighted by atomic mass is 10.1. The Bertz CT molecular complexity index is 350. The van der Waals surface area contributed by atoms with Gasteiger partial charge in [-0.25, -0.2) is 9.18 Å². The third kappa shape index (κ3) is 3.32. The van der Waals surface area contributed by atoms with Crippen LogP contribution >= 0.6 is 0 Å². The zero-order chi connectivity index (χ0) is 11.3. The van der Waals surface area contributed by atoms with Crippen molar-refractivity contribution < 1.29 is 19.0 Å². The minimum absolute atomic E-state index is 0.0493. The standard InChI is InChI=1S/C11H13FO3/c1-2-5-15-7-9-4-3-8(11(13)14)6-10(9)12/h3-4,6H,2,5,7H2,1H3,(H,13,14). The summed E-state index contributed by atoms with van der Waals surface area (Å²) >= 11 is 0. The Morgan fingerprint density at radius 1 is 1.53 bits per heavy atom. The normalized spacial score (nSPS) is 10.3. The SMILES string of the molecule is CCCOCc1ccc(C(=O)O)cc1F. The molecule has 0 aliphatic rings. The maximum atomic E-state index is 13.3. The van der Waals surface area contributed by atoms with Crippen molar-refractivity contribution in [1.82, 2.24) is 0 Å². The number of carboxylic acid groups (broad SMARTS) is 1. The van der Waals surface area contributed by atoms with Gasteiger partial charge in [0.2, 0.25) is 0 Å². The summed E-state index contributed by atoms with van der Waals surface area (Å²) in [6.45, 7) is 2.71. The van der Waals surface area contributed by atoms with E-state index in [9.17, 15) is 9.18 Å². The summed E-state index contributed by atoms with van der Waals surface area (Å²) in [5.74, 6) is -1.67. The number of benzene rings is 1. The molecule has 0 atom stereocenters. The number of hydrogen-bond acceptors (Lipinski definition) is 2. The van der Waals surface area contributed by atoms with Crippen LogP contribution in [0.15, 0.2) is 18.2 Å². The minimum Gasteiger partial charge on any atom is -0.478 e. The van der Waals surface area contributed by atoms with E-state index in [4.69, 9.17) is 9.84 Å². The molecule has 0 fully saturated rings. The number of carboxylic acids is 1. The molecule has 0 spiro atoms. The molecule has 1 aromatic carbocycles. The Labute approximate surface area is 87.5 Å². The Morgan fingerprint density at radius 3 is 2.80 bits per heavy atom. The van der Waals surface area contributed by atoms with Gasteiger partial charge in [-0.15, -0.1) is 0 Å². The topological polar surface area (TPSA) is 46.5 Å². The summed E-state index contributed by atoms with van der Waals surface area (Å²) in [4.78, 5) is 10.5. The van der Waals surface area contributed by atoms with Crippen LogP contribution < -0.4 is 0 Å². The zero-order valence-corrected chi connectivity index (χ0v) is 8.50. The van der Waals surface area contributed by atoms with Gasteiger partial charge < -0.3 is 9.84 Å². The van der Waals surface area contributed by atoms with Crippen molar-refractivity contribution >= 4 is 5.97 Å². The number of halogens is 1. The van der Waals surface area contributed by atoms with E-state index in [-0.39, 0.29) is 12.2 Å². The van der Waals surface area contributed by atoms with Gasteiger partial charge in [0, 0.05) is 12.2 Å². The fourth-order valence-corrected chi connectivity index (χ4v) is 1.12. The van der Waals surface area contributed by atoms with E-state index >= 15 is 0 Å².